The van der Waals surface area contributed by atoms with Crippen LogP contribution in [-0.2, 0) is 23.0 Å². The zero-order valence-electron chi connectivity index (χ0n) is 23.2. The summed E-state index contributed by atoms with van der Waals surface area (Å²) in [6.07, 6.45) is 1.70. The molecule has 2 N–H and O–H groups in total. The number of nitrogens with one attached hydrogen (secondary N) is 2. The maximum absolute atomic E-state index is 14.0. The average molecular weight is 616 g/mol. The zero-order chi connectivity index (χ0) is 29.6. The summed E-state index contributed by atoms with van der Waals surface area (Å²) in [5, 5.41) is 2.74. The predicted octanol–water partition coefficient (Wildman–Crippen LogP) is 5.03. The number of carbonyl (C=O) groups is 2. The fourth-order valence-electron chi connectivity index (χ4n) is 5.48. The van der Waals surface area contributed by atoms with Crippen LogP contribution in [0, 0.1) is 0 Å². The molecule has 0 bridgehead atoms. The van der Waals surface area contributed by atoms with Crippen molar-refractivity contribution >= 4 is 49.8 Å². The molecule has 7 rings (SSSR count). The van der Waals surface area contributed by atoms with Crippen LogP contribution in [0.1, 0.15) is 34.5 Å². The minimum atomic E-state index is -3.65. The van der Waals surface area contributed by atoms with Gasteiger partial charge in [-0.05, 0) is 55.2 Å². The number of hydrogen-bond acceptors (Lipinski definition) is 8. The van der Waals surface area contributed by atoms with Crippen LogP contribution in [0.3, 0.4) is 0 Å². The lowest BCUT2D eigenvalue weighted by atomic mass is 10.1. The number of fused-ring (bicyclic) bond motifs is 4. The summed E-state index contributed by atoms with van der Waals surface area (Å²) in [4.78, 5) is 36.0. The highest BCUT2D eigenvalue weighted by Crippen LogP contribution is 2.43. The summed E-state index contributed by atoms with van der Waals surface area (Å²) < 4.78 is 32.4. The Balaban J connectivity index is 1.13. The molecule has 4 aromatic rings. The van der Waals surface area contributed by atoms with Crippen LogP contribution in [0.5, 0.6) is 5.75 Å². The normalized spacial score (nSPS) is 16.1. The van der Waals surface area contributed by atoms with Gasteiger partial charge in [-0.2, -0.15) is 0 Å². The van der Waals surface area contributed by atoms with E-state index < -0.39 is 21.3 Å². The van der Waals surface area contributed by atoms with Crippen molar-refractivity contribution in [1.82, 2.24) is 9.71 Å². The number of sulfonamides is 1. The van der Waals surface area contributed by atoms with Crippen molar-refractivity contribution < 1.29 is 22.7 Å². The van der Waals surface area contributed by atoms with Gasteiger partial charge >= 0.3 is 6.03 Å². The monoisotopic (exact) mass is 615 g/mol. The summed E-state index contributed by atoms with van der Waals surface area (Å²) in [5.41, 5.74) is 4.02. The molecule has 0 unspecified atom stereocenters. The van der Waals surface area contributed by atoms with Crippen molar-refractivity contribution in [2.24, 2.45) is 0 Å². The van der Waals surface area contributed by atoms with Crippen LogP contribution in [0.2, 0.25) is 0 Å². The summed E-state index contributed by atoms with van der Waals surface area (Å²) in [5.74, 6) is 1.39. The van der Waals surface area contributed by atoms with Crippen LogP contribution < -0.4 is 24.6 Å². The van der Waals surface area contributed by atoms with E-state index in [1.807, 2.05) is 66.7 Å². The molecule has 3 aliphatic rings. The van der Waals surface area contributed by atoms with E-state index in [1.165, 1.54) is 11.3 Å². The fourth-order valence-corrected chi connectivity index (χ4v) is 7.85. The highest BCUT2D eigenvalue weighted by molar-refractivity contribution is 7.91. The first kappa shape index (κ1) is 27.4. The molecular formula is C31H29N5O5S2. The number of urea groups is 1. The first-order valence-electron chi connectivity index (χ1n) is 14.1. The maximum atomic E-state index is 14.0. The molecule has 3 amide bonds. The third-order valence-corrected chi connectivity index (χ3v) is 10.7. The van der Waals surface area contributed by atoms with Crippen molar-refractivity contribution in [2.75, 3.05) is 34.8 Å². The van der Waals surface area contributed by atoms with Crippen LogP contribution in [0.25, 0.3) is 10.4 Å². The van der Waals surface area contributed by atoms with Gasteiger partial charge in [0.1, 0.15) is 23.9 Å². The van der Waals surface area contributed by atoms with Gasteiger partial charge in [0.15, 0.2) is 0 Å². The smallest absolute Gasteiger partial charge is 0.333 e. The molecule has 2 aromatic carbocycles. The highest BCUT2D eigenvalue weighted by atomic mass is 32.2. The van der Waals surface area contributed by atoms with Gasteiger partial charge in [-0.25, -0.2) is 22.9 Å². The van der Waals surface area contributed by atoms with E-state index in [0.717, 1.165) is 33.0 Å². The van der Waals surface area contributed by atoms with Crippen molar-refractivity contribution in [3.05, 3.63) is 89.6 Å². The van der Waals surface area contributed by atoms with Crippen molar-refractivity contribution in [3.63, 3.8) is 0 Å². The first-order valence-corrected chi connectivity index (χ1v) is 16.5. The van der Waals surface area contributed by atoms with Gasteiger partial charge in [0, 0.05) is 29.1 Å². The minimum absolute atomic E-state index is 0.195. The Morgan fingerprint density at radius 3 is 2.63 bits per heavy atom. The maximum Gasteiger partial charge on any atom is 0.333 e. The standard InChI is InChI=1S/C31H29N5O5S2/c37-30(24-8-5-11-27(32-24)35-16-17-41-26-10-4-1-6-21(26)19-35)36-15-14-20-18-28(33-31(38)34-43(39,40)22-12-13-22)42-29(20)23-7-2-3-9-25(23)36/h1-11,18,22H,12-17,19H2,(H2,33,34,38). The SMILES string of the molecule is O=C(Nc1cc2c(s1)-c1ccccc1N(C(=O)c1cccc(N3CCOc4ccccc4C3)n1)CC2)NS(=O)(=O)C1CC1. The number of carbonyl (C=O) groups excluding carboxylic acids is 2. The number of benzene rings is 2. The summed E-state index contributed by atoms with van der Waals surface area (Å²) in [6, 6.07) is 22.2. The summed E-state index contributed by atoms with van der Waals surface area (Å²) >= 11 is 1.36. The fraction of sp³-hybridized carbons (Fsp3) is 0.258. The second kappa shape index (κ2) is 11.0. The van der Waals surface area contributed by atoms with Crippen LogP contribution in [-0.4, -0.2) is 50.3 Å². The molecule has 0 radical (unpaired) electrons. The number of hydrogen-bond donors (Lipinski definition) is 2. The van der Waals surface area contributed by atoms with Gasteiger partial charge < -0.3 is 14.5 Å². The zero-order valence-corrected chi connectivity index (χ0v) is 24.8. The lowest BCUT2D eigenvalue weighted by Gasteiger charge is -2.24. The van der Waals surface area contributed by atoms with Crippen molar-refractivity contribution in [2.45, 2.75) is 31.1 Å². The van der Waals surface area contributed by atoms with E-state index in [-0.39, 0.29) is 5.91 Å². The van der Waals surface area contributed by atoms with Crippen molar-refractivity contribution in [1.29, 1.82) is 0 Å². The number of amides is 3. The predicted molar refractivity (Wildman–Crippen MR) is 166 cm³/mol. The molecule has 0 spiro atoms. The molecular weight excluding hydrogens is 587 g/mol. The first-order chi connectivity index (χ1) is 20.9. The number of rotatable bonds is 5. The molecule has 10 nitrogen and oxygen atoms in total. The molecule has 1 saturated carbocycles. The quantitative estimate of drug-likeness (QED) is 0.323. The van der Waals surface area contributed by atoms with Gasteiger partial charge in [0.05, 0.1) is 22.5 Å². The topological polar surface area (TPSA) is 121 Å². The molecule has 2 aromatic heterocycles. The second-order valence-corrected chi connectivity index (χ2v) is 13.8. The number of pyridine rings is 1. The number of ether oxygens (including phenoxy) is 1. The van der Waals surface area contributed by atoms with Gasteiger partial charge in [0.2, 0.25) is 10.0 Å². The lowest BCUT2D eigenvalue weighted by molar-refractivity contribution is 0.0982. The van der Waals surface area contributed by atoms with Gasteiger partial charge in [-0.15, -0.1) is 11.3 Å². The number of thiophene rings is 1. The van der Waals surface area contributed by atoms with Gasteiger partial charge in [0.25, 0.3) is 5.91 Å². The van der Waals surface area contributed by atoms with E-state index in [9.17, 15) is 18.0 Å². The molecule has 1 aliphatic carbocycles. The third kappa shape index (κ3) is 5.55. The Bertz CT molecular complexity index is 1840. The molecule has 220 valence electrons. The Morgan fingerprint density at radius 1 is 0.953 bits per heavy atom. The van der Waals surface area contributed by atoms with E-state index >= 15 is 0 Å². The molecule has 43 heavy (non-hydrogen) atoms. The largest absolute Gasteiger partial charge is 0.491 e. The number of para-hydroxylation sites is 2. The van der Waals surface area contributed by atoms with E-state index in [2.05, 4.69) is 14.9 Å². The second-order valence-electron chi connectivity index (χ2n) is 10.7. The third-order valence-electron chi connectivity index (χ3n) is 7.76. The van der Waals surface area contributed by atoms with E-state index in [1.54, 1.807) is 11.0 Å². The Morgan fingerprint density at radius 2 is 1.77 bits per heavy atom. The molecule has 0 saturated heterocycles. The summed E-state index contributed by atoms with van der Waals surface area (Å²) in [7, 11) is -3.65. The van der Waals surface area contributed by atoms with E-state index in [4.69, 9.17) is 9.72 Å². The van der Waals surface area contributed by atoms with Crippen LogP contribution in [0.4, 0.5) is 21.3 Å². The van der Waals surface area contributed by atoms with Crippen LogP contribution >= 0.6 is 11.3 Å². The minimum Gasteiger partial charge on any atom is -0.491 e. The lowest BCUT2D eigenvalue weighted by Crippen LogP contribution is -2.36. The molecule has 12 heteroatoms. The molecule has 0 atom stereocenters. The Labute approximate surface area is 253 Å². The number of nitrogens with zero attached hydrogens (tertiary/aromatic N) is 3. The molecule has 1 fully saturated rings. The Kier molecular flexibility index (Phi) is 7.02. The van der Waals surface area contributed by atoms with Crippen LogP contribution in [0.15, 0.2) is 72.8 Å². The Hall–Kier alpha value is -4.42. The number of anilines is 3. The average Bonchev–Trinajstić information content (AvgIpc) is 3.84. The van der Waals surface area contributed by atoms with Gasteiger partial charge in [-0.1, -0.05) is 42.5 Å². The highest BCUT2D eigenvalue weighted by Gasteiger charge is 2.37. The van der Waals surface area contributed by atoms with Gasteiger partial charge in [-0.3, -0.25) is 10.1 Å². The molecule has 4 heterocycles. The summed E-state index contributed by atoms with van der Waals surface area (Å²) in [6.45, 7) is 2.22. The van der Waals surface area contributed by atoms with E-state index in [0.29, 0.717) is 62.0 Å². The van der Waals surface area contributed by atoms with Crippen molar-refractivity contribution in [3.8, 4) is 16.2 Å². The number of aromatic nitrogens is 1. The molecule has 2 aliphatic heterocycles.